The molecule has 0 amide bonds. The first-order chi connectivity index (χ1) is 26.2. The van der Waals surface area contributed by atoms with Crippen LogP contribution in [-0.4, -0.2) is 14.5 Å². The minimum Gasteiger partial charge on any atom is -0.497 e. The van der Waals surface area contributed by atoms with E-state index in [1.165, 1.54) is 44.6 Å². The van der Waals surface area contributed by atoms with Gasteiger partial charge in [0.1, 0.15) is 0 Å². The van der Waals surface area contributed by atoms with E-state index in [4.69, 9.17) is 9.72 Å². The molecule has 8 rings (SSSR count). The van der Waals surface area contributed by atoms with Crippen LogP contribution in [0.5, 0.6) is 11.5 Å². The van der Waals surface area contributed by atoms with Gasteiger partial charge in [0.2, 0.25) is 0 Å². The summed E-state index contributed by atoms with van der Waals surface area (Å²) in [7, 11) is 0. The summed E-state index contributed by atoms with van der Waals surface area (Å²) in [6, 6.07) is 53.6. The summed E-state index contributed by atoms with van der Waals surface area (Å²) >= 11 is 0. The topological polar surface area (TPSA) is 39.9 Å². The summed E-state index contributed by atoms with van der Waals surface area (Å²) in [4.78, 5) is 9.90. The number of fused-ring (bicyclic) bond motifs is 1. The zero-order valence-corrected chi connectivity index (χ0v) is 34.3. The molecule has 8 aromatic rings. The van der Waals surface area contributed by atoms with Gasteiger partial charge in [-0.2, -0.15) is 0 Å². The molecule has 5 heteroatoms. The Kier molecular flexibility index (Phi) is 11.0. The van der Waals surface area contributed by atoms with E-state index in [0.717, 1.165) is 39.2 Å². The number of imidazole rings is 1. The minimum absolute atomic E-state index is 0. The molecule has 0 saturated heterocycles. The van der Waals surface area contributed by atoms with Crippen molar-refractivity contribution in [3.05, 3.63) is 174 Å². The van der Waals surface area contributed by atoms with Crippen LogP contribution in [0.1, 0.15) is 61.8 Å². The van der Waals surface area contributed by atoms with Crippen LogP contribution in [0, 0.1) is 26.0 Å². The van der Waals surface area contributed by atoms with Crippen LogP contribution in [0.2, 0.25) is 0 Å². The van der Waals surface area contributed by atoms with Crippen LogP contribution >= 0.6 is 0 Å². The summed E-state index contributed by atoms with van der Waals surface area (Å²) in [5.41, 5.74) is 15.5. The van der Waals surface area contributed by atoms with Crippen LogP contribution in [0.25, 0.3) is 61.6 Å². The van der Waals surface area contributed by atoms with Crippen LogP contribution in [0.15, 0.2) is 140 Å². The fourth-order valence-corrected chi connectivity index (χ4v) is 7.09. The van der Waals surface area contributed by atoms with Gasteiger partial charge >= 0.3 is 21.1 Å². The second-order valence-corrected chi connectivity index (χ2v) is 14.6. The molecule has 0 N–H and O–H groups in total. The van der Waals surface area contributed by atoms with Gasteiger partial charge in [-0.1, -0.05) is 118 Å². The predicted molar refractivity (Wildman–Crippen MR) is 222 cm³/mol. The molecule has 0 bridgehead atoms. The van der Waals surface area contributed by atoms with Crippen LogP contribution in [-0.2, 0) is 21.1 Å². The zero-order valence-electron chi connectivity index (χ0n) is 32.0. The number of pyridine rings is 1. The molecule has 4 nitrogen and oxygen atoms in total. The van der Waals surface area contributed by atoms with E-state index in [9.17, 15) is 0 Å². The van der Waals surface area contributed by atoms with Gasteiger partial charge in [0.15, 0.2) is 0 Å². The minimum atomic E-state index is 0. The average molecular weight is 897 g/mol. The van der Waals surface area contributed by atoms with Gasteiger partial charge in [-0.3, -0.25) is 4.98 Å². The number of hydrogen-bond acceptors (Lipinski definition) is 3. The molecule has 6 aromatic carbocycles. The summed E-state index contributed by atoms with van der Waals surface area (Å²) in [6.45, 7) is 13.3. The van der Waals surface area contributed by atoms with Crippen LogP contribution in [0.4, 0.5) is 0 Å². The fourth-order valence-electron chi connectivity index (χ4n) is 7.09. The molecule has 274 valence electrons. The molecule has 0 atom stereocenters. The Morgan fingerprint density at radius 1 is 0.564 bits per heavy atom. The van der Waals surface area contributed by atoms with Gasteiger partial charge in [0.25, 0.3) is 0 Å². The molecular formula is C50H43N3OPt. The normalized spacial score (nSPS) is 11.3. The quantitative estimate of drug-likeness (QED) is 0.136. The van der Waals surface area contributed by atoms with E-state index in [2.05, 4.69) is 166 Å². The third-order valence-electron chi connectivity index (χ3n) is 10.2. The van der Waals surface area contributed by atoms with E-state index < -0.39 is 0 Å². The van der Waals surface area contributed by atoms with E-state index >= 15 is 0 Å². The van der Waals surface area contributed by atoms with E-state index in [1.54, 1.807) is 0 Å². The number of rotatable bonds is 9. The molecule has 55 heavy (non-hydrogen) atoms. The van der Waals surface area contributed by atoms with Crippen molar-refractivity contribution in [2.24, 2.45) is 0 Å². The fraction of sp³-hybridized carbons (Fsp3) is 0.160. The standard InChI is InChI=1S/C50H43N3O.Pt/c1-32(2)44-29-41(38-24-22-37(23-25-38)36-14-8-7-9-15-36)30-45(33(3)4)49(44)53-48-21-11-10-20-46(48)52-50(53)40-17-13-19-43(28-40)54-42-18-12-16-39(27-42)47-26-34(5)35(6)31-51-47;/h7-26,29-33H,1-6H3;/q-2;+2. The summed E-state index contributed by atoms with van der Waals surface area (Å²) < 4.78 is 8.77. The van der Waals surface area contributed by atoms with Crippen molar-refractivity contribution in [3.63, 3.8) is 0 Å². The van der Waals surface area contributed by atoms with Gasteiger partial charge in [0, 0.05) is 23.4 Å². The number of hydrogen-bond donors (Lipinski definition) is 0. The van der Waals surface area contributed by atoms with Crippen LogP contribution in [0.3, 0.4) is 0 Å². The van der Waals surface area contributed by atoms with Gasteiger partial charge in [-0.05, 0) is 94.6 Å². The van der Waals surface area contributed by atoms with Crippen molar-refractivity contribution in [1.29, 1.82) is 0 Å². The van der Waals surface area contributed by atoms with Crippen molar-refractivity contribution in [2.45, 2.75) is 53.4 Å². The molecule has 0 saturated carbocycles. The maximum atomic E-state index is 6.43. The van der Waals surface area contributed by atoms with Gasteiger partial charge in [-0.25, -0.2) is 0 Å². The summed E-state index contributed by atoms with van der Waals surface area (Å²) in [6.07, 6.45) is 1.90. The monoisotopic (exact) mass is 896 g/mol. The van der Waals surface area contributed by atoms with Crippen LogP contribution < -0.4 is 4.74 Å². The third kappa shape index (κ3) is 7.70. The second-order valence-electron chi connectivity index (χ2n) is 14.6. The molecule has 0 aliphatic heterocycles. The maximum absolute atomic E-state index is 6.43. The van der Waals surface area contributed by atoms with Gasteiger partial charge in [-0.15, -0.1) is 47.5 Å². The van der Waals surface area contributed by atoms with Crippen molar-refractivity contribution < 1.29 is 25.8 Å². The van der Waals surface area contributed by atoms with Crippen molar-refractivity contribution in [3.8, 4) is 62.1 Å². The Bertz CT molecular complexity index is 2580. The second kappa shape index (κ2) is 16.0. The number of benzene rings is 6. The molecule has 2 aromatic heterocycles. The molecular weight excluding hydrogens is 854 g/mol. The largest absolute Gasteiger partial charge is 2.00 e. The molecule has 0 spiro atoms. The van der Waals surface area contributed by atoms with E-state index in [0.29, 0.717) is 11.5 Å². The number of ether oxygens (including phenoxy) is 1. The Balaban J connectivity index is 0.00000465. The summed E-state index contributed by atoms with van der Waals surface area (Å²) in [5, 5.41) is 0. The third-order valence-corrected chi connectivity index (χ3v) is 10.2. The predicted octanol–water partition coefficient (Wildman–Crippen LogP) is 13.3. The van der Waals surface area contributed by atoms with Crippen molar-refractivity contribution >= 4 is 11.0 Å². The Morgan fingerprint density at radius 2 is 1.13 bits per heavy atom. The van der Waals surface area contributed by atoms with Crippen molar-refractivity contribution in [1.82, 2.24) is 14.5 Å². The SMILES string of the molecule is Cc1cnc(-c2[c-]c(Oc3[c-]c(-c4nc5ccccc5n4-c4c(C(C)C)cc(-c5ccc(-c6ccccc6)cc5)cc4C(C)C)ccc3)ccc2)cc1C.[Pt+2]. The van der Waals surface area contributed by atoms with Gasteiger partial charge in [0.05, 0.1) is 16.9 Å². The van der Waals surface area contributed by atoms with E-state index in [-0.39, 0.29) is 32.9 Å². The average Bonchev–Trinajstić information content (AvgIpc) is 3.58. The molecule has 0 fully saturated rings. The first-order valence-corrected chi connectivity index (χ1v) is 18.7. The Morgan fingerprint density at radius 3 is 1.76 bits per heavy atom. The molecule has 0 radical (unpaired) electrons. The van der Waals surface area contributed by atoms with Crippen molar-refractivity contribution in [2.75, 3.05) is 0 Å². The smallest absolute Gasteiger partial charge is 0.497 e. The molecule has 0 aliphatic carbocycles. The summed E-state index contributed by atoms with van der Waals surface area (Å²) in [5.74, 6) is 2.52. The zero-order chi connectivity index (χ0) is 37.3. The Hall–Kier alpha value is -5.57. The number of nitrogens with zero attached hydrogens (tertiary/aromatic N) is 3. The molecule has 0 unspecified atom stereocenters. The maximum Gasteiger partial charge on any atom is 2.00 e. The Labute approximate surface area is 339 Å². The molecule has 0 aliphatic rings. The first-order valence-electron chi connectivity index (χ1n) is 18.7. The van der Waals surface area contributed by atoms with Gasteiger partial charge < -0.3 is 14.3 Å². The molecule has 2 heterocycles. The first kappa shape index (κ1) is 37.7. The number of para-hydroxylation sites is 2. The number of aryl methyl sites for hydroxylation is 2. The van der Waals surface area contributed by atoms with E-state index in [1.807, 2.05) is 36.5 Å². The number of aromatic nitrogens is 3.